The first kappa shape index (κ1) is 17.6. The van der Waals surface area contributed by atoms with Gasteiger partial charge in [-0.15, -0.1) is 0 Å². The Morgan fingerprint density at radius 1 is 1.30 bits per heavy atom. The molecule has 112 valence electrons. The number of hydrogen-bond donors (Lipinski definition) is 1. The van der Waals surface area contributed by atoms with E-state index in [9.17, 15) is 4.79 Å². The lowest BCUT2D eigenvalue weighted by molar-refractivity contribution is -0.113. The monoisotopic (exact) mass is 334 g/mol. The van der Waals surface area contributed by atoms with E-state index in [-0.39, 0.29) is 5.91 Å². The van der Waals surface area contributed by atoms with Gasteiger partial charge in [0, 0.05) is 17.3 Å². The summed E-state index contributed by atoms with van der Waals surface area (Å²) < 4.78 is 0. The van der Waals surface area contributed by atoms with E-state index in [1.54, 1.807) is 30.0 Å². The summed E-state index contributed by atoms with van der Waals surface area (Å²) in [5, 5.41) is 3.83. The van der Waals surface area contributed by atoms with Crippen molar-refractivity contribution in [1.82, 2.24) is 4.90 Å². The summed E-state index contributed by atoms with van der Waals surface area (Å²) in [4.78, 5) is 14.1. The van der Waals surface area contributed by atoms with E-state index in [4.69, 9.17) is 23.2 Å². The molecule has 0 fully saturated rings. The summed E-state index contributed by atoms with van der Waals surface area (Å²) in [7, 11) is 0. The normalized spacial score (nSPS) is 10.8. The van der Waals surface area contributed by atoms with Crippen LogP contribution in [0.25, 0.3) is 0 Å². The van der Waals surface area contributed by atoms with Gasteiger partial charge in [-0.1, -0.05) is 37.0 Å². The molecule has 0 saturated heterocycles. The maximum atomic E-state index is 11.8. The molecule has 0 saturated carbocycles. The van der Waals surface area contributed by atoms with Crippen LogP contribution >= 0.6 is 35.0 Å². The minimum absolute atomic E-state index is 0.0567. The third kappa shape index (κ3) is 6.35. The van der Waals surface area contributed by atoms with Crippen molar-refractivity contribution in [2.45, 2.75) is 13.8 Å². The van der Waals surface area contributed by atoms with E-state index in [1.165, 1.54) is 0 Å². The van der Waals surface area contributed by atoms with Crippen LogP contribution in [0.4, 0.5) is 5.69 Å². The zero-order valence-electron chi connectivity index (χ0n) is 11.8. The number of amides is 1. The molecule has 0 aliphatic carbocycles. The van der Waals surface area contributed by atoms with E-state index >= 15 is 0 Å². The molecule has 6 heteroatoms. The Morgan fingerprint density at radius 3 is 2.65 bits per heavy atom. The molecule has 0 aromatic heterocycles. The minimum Gasteiger partial charge on any atom is -0.324 e. The topological polar surface area (TPSA) is 32.3 Å². The quantitative estimate of drug-likeness (QED) is 0.729. The number of nitrogens with zero attached hydrogens (tertiary/aromatic N) is 1. The number of halogens is 2. The summed E-state index contributed by atoms with van der Waals surface area (Å²) >= 11 is 13.5. The van der Waals surface area contributed by atoms with Crippen LogP contribution < -0.4 is 5.32 Å². The fourth-order valence-electron chi connectivity index (χ4n) is 1.68. The third-order valence-electron chi connectivity index (χ3n) is 2.88. The van der Waals surface area contributed by atoms with Gasteiger partial charge in [0.25, 0.3) is 0 Å². The van der Waals surface area contributed by atoms with Crippen molar-refractivity contribution in [2.24, 2.45) is 0 Å². The molecular weight excluding hydrogens is 315 g/mol. The standard InChI is InChI=1S/C14H20Cl2N2OS/c1-3-18(4-2)7-8-20-10-14(19)17-13-9-11(15)5-6-12(13)16/h5-6,9H,3-4,7-8,10H2,1-2H3,(H,17,19). The predicted molar refractivity (Wildman–Crippen MR) is 90.2 cm³/mol. The van der Waals surface area contributed by atoms with E-state index in [2.05, 4.69) is 24.1 Å². The van der Waals surface area contributed by atoms with Gasteiger partial charge in [-0.2, -0.15) is 11.8 Å². The summed E-state index contributed by atoms with van der Waals surface area (Å²) in [5.74, 6) is 1.31. The second kappa shape index (κ2) is 9.50. The van der Waals surface area contributed by atoms with Crippen LogP contribution in [0.1, 0.15) is 13.8 Å². The van der Waals surface area contributed by atoms with Gasteiger partial charge in [0.05, 0.1) is 16.5 Å². The predicted octanol–water partition coefficient (Wildman–Crippen LogP) is 4.01. The minimum atomic E-state index is -0.0567. The third-order valence-corrected chi connectivity index (χ3v) is 4.38. The van der Waals surface area contributed by atoms with Crippen LogP contribution in [0, 0.1) is 0 Å². The summed E-state index contributed by atoms with van der Waals surface area (Å²) in [6.45, 7) is 7.37. The number of rotatable bonds is 8. The highest BCUT2D eigenvalue weighted by Gasteiger charge is 2.07. The van der Waals surface area contributed by atoms with Crippen molar-refractivity contribution in [3.63, 3.8) is 0 Å². The van der Waals surface area contributed by atoms with E-state index in [0.717, 1.165) is 25.4 Å². The maximum absolute atomic E-state index is 11.8. The highest BCUT2D eigenvalue weighted by molar-refractivity contribution is 7.99. The van der Waals surface area contributed by atoms with Gasteiger partial charge in [-0.05, 0) is 31.3 Å². The van der Waals surface area contributed by atoms with Gasteiger partial charge in [-0.3, -0.25) is 4.79 Å². The molecule has 0 aliphatic heterocycles. The molecule has 1 aromatic rings. The molecule has 1 amide bonds. The van der Waals surface area contributed by atoms with Crippen molar-refractivity contribution >= 4 is 46.6 Å². The van der Waals surface area contributed by atoms with Crippen LogP contribution in [0.2, 0.25) is 10.0 Å². The maximum Gasteiger partial charge on any atom is 0.234 e. The van der Waals surface area contributed by atoms with E-state index in [0.29, 0.717) is 21.5 Å². The zero-order chi connectivity index (χ0) is 15.0. The van der Waals surface area contributed by atoms with Crippen molar-refractivity contribution in [3.05, 3.63) is 28.2 Å². The van der Waals surface area contributed by atoms with Crippen molar-refractivity contribution in [2.75, 3.05) is 36.5 Å². The van der Waals surface area contributed by atoms with E-state index in [1.807, 2.05) is 0 Å². The highest BCUT2D eigenvalue weighted by Crippen LogP contribution is 2.25. The van der Waals surface area contributed by atoms with Crippen molar-refractivity contribution < 1.29 is 4.79 Å². The number of carbonyl (C=O) groups excluding carboxylic acids is 1. The van der Waals surface area contributed by atoms with Gasteiger partial charge < -0.3 is 10.2 Å². The van der Waals surface area contributed by atoms with Crippen LogP contribution in [0.5, 0.6) is 0 Å². The lowest BCUT2D eigenvalue weighted by Gasteiger charge is -2.17. The molecule has 0 bridgehead atoms. The van der Waals surface area contributed by atoms with Gasteiger partial charge in [0.15, 0.2) is 0 Å². The number of hydrogen-bond acceptors (Lipinski definition) is 3. The molecule has 0 unspecified atom stereocenters. The van der Waals surface area contributed by atoms with Crippen LogP contribution in [-0.4, -0.2) is 41.9 Å². The molecule has 0 atom stereocenters. The van der Waals surface area contributed by atoms with Crippen molar-refractivity contribution in [3.8, 4) is 0 Å². The lowest BCUT2D eigenvalue weighted by Crippen LogP contribution is -2.26. The first-order valence-corrected chi connectivity index (χ1v) is 8.52. The number of benzene rings is 1. The second-order valence-electron chi connectivity index (χ2n) is 4.25. The Labute approximate surface area is 135 Å². The number of carbonyl (C=O) groups is 1. The number of nitrogens with one attached hydrogen (secondary N) is 1. The largest absolute Gasteiger partial charge is 0.324 e. The fraction of sp³-hybridized carbons (Fsp3) is 0.500. The molecular formula is C14H20Cl2N2OS. The first-order chi connectivity index (χ1) is 9.56. The first-order valence-electron chi connectivity index (χ1n) is 6.61. The number of thioether (sulfide) groups is 1. The van der Waals surface area contributed by atoms with E-state index < -0.39 is 0 Å². The summed E-state index contributed by atoms with van der Waals surface area (Å²) in [6, 6.07) is 5.02. The second-order valence-corrected chi connectivity index (χ2v) is 6.20. The van der Waals surface area contributed by atoms with Gasteiger partial charge in [0.1, 0.15) is 0 Å². The van der Waals surface area contributed by atoms with Crippen LogP contribution in [-0.2, 0) is 4.79 Å². The Balaban J connectivity index is 2.32. The average molecular weight is 335 g/mol. The Kier molecular flexibility index (Phi) is 8.38. The SMILES string of the molecule is CCN(CC)CCSCC(=O)Nc1cc(Cl)ccc1Cl. The summed E-state index contributed by atoms with van der Waals surface area (Å²) in [5.41, 5.74) is 0.563. The Bertz CT molecular complexity index is 439. The Morgan fingerprint density at radius 2 is 2.00 bits per heavy atom. The van der Waals surface area contributed by atoms with Gasteiger partial charge in [-0.25, -0.2) is 0 Å². The summed E-state index contributed by atoms with van der Waals surface area (Å²) in [6.07, 6.45) is 0. The molecule has 0 spiro atoms. The van der Waals surface area contributed by atoms with Crippen LogP contribution in [0.15, 0.2) is 18.2 Å². The molecule has 0 heterocycles. The molecule has 0 aliphatic rings. The average Bonchev–Trinajstić information content (AvgIpc) is 2.43. The highest BCUT2D eigenvalue weighted by atomic mass is 35.5. The molecule has 1 aromatic carbocycles. The number of anilines is 1. The van der Waals surface area contributed by atoms with Crippen molar-refractivity contribution in [1.29, 1.82) is 0 Å². The van der Waals surface area contributed by atoms with Crippen LogP contribution in [0.3, 0.4) is 0 Å². The molecule has 0 radical (unpaired) electrons. The molecule has 1 rings (SSSR count). The molecule has 3 nitrogen and oxygen atoms in total. The zero-order valence-corrected chi connectivity index (χ0v) is 14.1. The lowest BCUT2D eigenvalue weighted by atomic mass is 10.3. The molecule has 20 heavy (non-hydrogen) atoms. The molecule has 1 N–H and O–H groups in total. The Hall–Kier alpha value is -0.420. The van der Waals surface area contributed by atoms with Gasteiger partial charge >= 0.3 is 0 Å². The van der Waals surface area contributed by atoms with Gasteiger partial charge in [0.2, 0.25) is 5.91 Å². The fourth-order valence-corrected chi connectivity index (χ4v) is 2.80. The smallest absolute Gasteiger partial charge is 0.234 e.